The van der Waals surface area contributed by atoms with Crippen LogP contribution in [0.5, 0.6) is 0 Å². The third-order valence-electron chi connectivity index (χ3n) is 2.92. The van der Waals surface area contributed by atoms with E-state index in [1.807, 2.05) is 25.1 Å². The van der Waals surface area contributed by atoms with E-state index in [2.05, 4.69) is 34.2 Å². The monoisotopic (exact) mass is 345 g/mol. The van der Waals surface area contributed by atoms with Gasteiger partial charge >= 0.3 is 0 Å². The minimum absolute atomic E-state index is 0.170. The van der Waals surface area contributed by atoms with Crippen LogP contribution in [0.2, 0.25) is 0 Å². The van der Waals surface area contributed by atoms with Gasteiger partial charge in [-0.1, -0.05) is 34.1 Å². The van der Waals surface area contributed by atoms with Crippen LogP contribution in [0.3, 0.4) is 0 Å². The highest BCUT2D eigenvalue weighted by Gasteiger charge is 2.10. The zero-order valence-electron chi connectivity index (χ0n) is 12.1. The van der Waals surface area contributed by atoms with Gasteiger partial charge in [0.05, 0.1) is 25.9 Å². The third kappa shape index (κ3) is 6.81. The van der Waals surface area contributed by atoms with Crippen molar-refractivity contribution < 1.29 is 14.6 Å². The lowest BCUT2D eigenvalue weighted by Gasteiger charge is -2.18. The Kier molecular flexibility index (Phi) is 9.05. The van der Waals surface area contributed by atoms with Crippen LogP contribution in [-0.2, 0) is 9.47 Å². The Morgan fingerprint density at radius 1 is 1.25 bits per heavy atom. The van der Waals surface area contributed by atoms with Crippen LogP contribution in [0, 0.1) is 0 Å². The largest absolute Gasteiger partial charge is 0.389 e. The zero-order valence-corrected chi connectivity index (χ0v) is 13.7. The number of benzene rings is 1. The molecule has 0 saturated carbocycles. The highest BCUT2D eigenvalue weighted by molar-refractivity contribution is 9.10. The second kappa shape index (κ2) is 10.3. The molecule has 0 fully saturated rings. The Balaban J connectivity index is 2.20. The van der Waals surface area contributed by atoms with E-state index in [1.165, 1.54) is 5.56 Å². The van der Waals surface area contributed by atoms with Crippen molar-refractivity contribution >= 4 is 15.9 Å². The zero-order chi connectivity index (χ0) is 14.8. The Labute approximate surface area is 129 Å². The van der Waals surface area contributed by atoms with Crippen molar-refractivity contribution in [2.75, 3.05) is 33.0 Å². The second-order valence-corrected chi connectivity index (χ2v) is 5.43. The molecule has 1 aromatic rings. The number of halogens is 1. The van der Waals surface area contributed by atoms with Crippen LogP contribution in [0.15, 0.2) is 28.7 Å². The van der Waals surface area contributed by atoms with Gasteiger partial charge in [-0.15, -0.1) is 0 Å². The summed E-state index contributed by atoms with van der Waals surface area (Å²) in [5, 5.41) is 13.1. The molecule has 0 aliphatic heterocycles. The molecule has 1 rings (SSSR count). The van der Waals surface area contributed by atoms with Gasteiger partial charge in [-0.05, 0) is 25.5 Å². The summed E-state index contributed by atoms with van der Waals surface area (Å²) >= 11 is 3.53. The molecular formula is C15H24BrNO3. The first-order valence-corrected chi connectivity index (χ1v) is 7.75. The van der Waals surface area contributed by atoms with Crippen molar-refractivity contribution in [1.29, 1.82) is 0 Å². The van der Waals surface area contributed by atoms with Crippen molar-refractivity contribution in [1.82, 2.24) is 5.32 Å². The molecule has 0 spiro atoms. The fourth-order valence-electron chi connectivity index (χ4n) is 1.79. The summed E-state index contributed by atoms with van der Waals surface area (Å²) in [5.41, 5.74) is 1.18. The standard InChI is InChI=1S/C15H24BrNO3/c1-3-19-8-9-20-11-13(18)10-17-12(2)14-6-4-5-7-15(14)16/h4-7,12-13,17-18H,3,8-11H2,1-2H3/t12-,13?/m0/s1. The molecule has 2 N–H and O–H groups in total. The van der Waals surface area contributed by atoms with E-state index in [4.69, 9.17) is 9.47 Å². The van der Waals surface area contributed by atoms with E-state index in [9.17, 15) is 5.11 Å². The number of aliphatic hydroxyl groups is 1. The number of hydrogen-bond donors (Lipinski definition) is 2. The maximum atomic E-state index is 9.83. The van der Waals surface area contributed by atoms with E-state index in [-0.39, 0.29) is 6.04 Å². The minimum atomic E-state index is -0.512. The summed E-state index contributed by atoms with van der Waals surface area (Å²) in [6.45, 7) is 6.62. The lowest BCUT2D eigenvalue weighted by molar-refractivity contribution is 0.00585. The van der Waals surface area contributed by atoms with Crippen LogP contribution < -0.4 is 5.32 Å². The molecule has 20 heavy (non-hydrogen) atoms. The Morgan fingerprint density at radius 2 is 1.95 bits per heavy atom. The highest BCUT2D eigenvalue weighted by Crippen LogP contribution is 2.22. The van der Waals surface area contributed by atoms with Gasteiger partial charge in [-0.3, -0.25) is 0 Å². The Hall–Kier alpha value is -0.460. The molecule has 0 aliphatic rings. The first-order valence-electron chi connectivity index (χ1n) is 6.96. The summed E-state index contributed by atoms with van der Waals surface area (Å²) in [7, 11) is 0. The fourth-order valence-corrected chi connectivity index (χ4v) is 2.42. The van der Waals surface area contributed by atoms with Crippen molar-refractivity contribution in [3.8, 4) is 0 Å². The molecule has 114 valence electrons. The molecule has 0 bridgehead atoms. The third-order valence-corrected chi connectivity index (χ3v) is 3.64. The lowest BCUT2D eigenvalue weighted by atomic mass is 10.1. The maximum absolute atomic E-state index is 9.83. The number of rotatable bonds is 10. The van der Waals surface area contributed by atoms with Crippen LogP contribution in [0.25, 0.3) is 0 Å². The van der Waals surface area contributed by atoms with Gasteiger partial charge in [-0.25, -0.2) is 0 Å². The molecule has 2 atom stereocenters. The summed E-state index contributed by atoms with van der Waals surface area (Å²) in [6, 6.07) is 8.24. The first kappa shape index (κ1) is 17.6. The van der Waals surface area contributed by atoms with Gasteiger partial charge in [0.15, 0.2) is 0 Å². The van der Waals surface area contributed by atoms with E-state index >= 15 is 0 Å². The van der Waals surface area contributed by atoms with Gasteiger partial charge < -0.3 is 19.9 Å². The van der Waals surface area contributed by atoms with Gasteiger partial charge in [0.2, 0.25) is 0 Å². The molecule has 1 aromatic carbocycles. The van der Waals surface area contributed by atoms with Gasteiger partial charge in [0.25, 0.3) is 0 Å². The molecular weight excluding hydrogens is 322 g/mol. The number of hydrogen-bond acceptors (Lipinski definition) is 4. The SMILES string of the molecule is CCOCCOCC(O)CN[C@@H](C)c1ccccc1Br. The summed E-state index contributed by atoms with van der Waals surface area (Å²) in [5.74, 6) is 0. The number of nitrogens with one attached hydrogen (secondary N) is 1. The molecule has 4 nitrogen and oxygen atoms in total. The number of aliphatic hydroxyl groups excluding tert-OH is 1. The summed E-state index contributed by atoms with van der Waals surface area (Å²) < 4.78 is 11.6. The molecule has 0 saturated heterocycles. The summed E-state index contributed by atoms with van der Waals surface area (Å²) in [4.78, 5) is 0. The minimum Gasteiger partial charge on any atom is -0.389 e. The van der Waals surface area contributed by atoms with Crippen molar-refractivity contribution in [3.05, 3.63) is 34.3 Å². The molecule has 5 heteroatoms. The fraction of sp³-hybridized carbons (Fsp3) is 0.600. The van der Waals surface area contributed by atoms with Gasteiger partial charge in [0.1, 0.15) is 0 Å². The normalized spacial score (nSPS) is 14.2. The predicted octanol–water partition coefficient (Wildman–Crippen LogP) is 2.51. The average molecular weight is 346 g/mol. The molecule has 0 amide bonds. The molecule has 0 aromatic heterocycles. The van der Waals surface area contributed by atoms with E-state index in [0.717, 1.165) is 4.47 Å². The average Bonchev–Trinajstić information content (AvgIpc) is 2.45. The quantitative estimate of drug-likeness (QED) is 0.639. The smallest absolute Gasteiger partial charge is 0.0897 e. The maximum Gasteiger partial charge on any atom is 0.0897 e. The molecule has 0 radical (unpaired) electrons. The molecule has 1 unspecified atom stereocenters. The van der Waals surface area contributed by atoms with Crippen LogP contribution in [0.4, 0.5) is 0 Å². The van der Waals surface area contributed by atoms with Gasteiger partial charge in [0, 0.05) is 23.7 Å². The lowest BCUT2D eigenvalue weighted by Crippen LogP contribution is -2.32. The molecule has 0 heterocycles. The van der Waals surface area contributed by atoms with E-state index in [1.54, 1.807) is 0 Å². The Morgan fingerprint density at radius 3 is 2.65 bits per heavy atom. The topological polar surface area (TPSA) is 50.7 Å². The van der Waals surface area contributed by atoms with Crippen molar-refractivity contribution in [2.24, 2.45) is 0 Å². The van der Waals surface area contributed by atoms with Crippen LogP contribution in [-0.4, -0.2) is 44.2 Å². The van der Waals surface area contributed by atoms with Crippen molar-refractivity contribution in [2.45, 2.75) is 26.0 Å². The second-order valence-electron chi connectivity index (χ2n) is 4.58. The van der Waals surface area contributed by atoms with Crippen LogP contribution >= 0.6 is 15.9 Å². The number of ether oxygens (including phenoxy) is 2. The van der Waals surface area contributed by atoms with E-state index in [0.29, 0.717) is 33.0 Å². The first-order chi connectivity index (χ1) is 9.65. The Bertz CT molecular complexity index is 376. The van der Waals surface area contributed by atoms with Crippen LogP contribution in [0.1, 0.15) is 25.5 Å². The predicted molar refractivity (Wildman–Crippen MR) is 83.9 cm³/mol. The summed E-state index contributed by atoms with van der Waals surface area (Å²) in [6.07, 6.45) is -0.512. The van der Waals surface area contributed by atoms with E-state index < -0.39 is 6.10 Å². The highest BCUT2D eigenvalue weighted by atomic mass is 79.9. The van der Waals surface area contributed by atoms with Gasteiger partial charge in [-0.2, -0.15) is 0 Å². The van der Waals surface area contributed by atoms with Crippen molar-refractivity contribution in [3.63, 3.8) is 0 Å². The molecule has 0 aliphatic carbocycles.